The highest BCUT2D eigenvalue weighted by molar-refractivity contribution is 5.42. The van der Waals surface area contributed by atoms with Gasteiger partial charge >= 0.3 is 0 Å². The van der Waals surface area contributed by atoms with Crippen molar-refractivity contribution in [2.75, 3.05) is 27.3 Å². The van der Waals surface area contributed by atoms with Gasteiger partial charge in [-0.1, -0.05) is 50.7 Å². The highest BCUT2D eigenvalue weighted by atomic mass is 16.5. The summed E-state index contributed by atoms with van der Waals surface area (Å²) < 4.78 is 10.1. The van der Waals surface area contributed by atoms with Gasteiger partial charge in [-0.15, -0.1) is 0 Å². The molecule has 0 unspecified atom stereocenters. The van der Waals surface area contributed by atoms with Gasteiger partial charge in [-0.25, -0.2) is 0 Å². The van der Waals surface area contributed by atoms with Crippen molar-refractivity contribution in [1.29, 1.82) is 0 Å². The van der Waals surface area contributed by atoms with Crippen molar-refractivity contribution in [2.24, 2.45) is 0 Å². The largest absolute Gasteiger partial charge is 0.504 e. The Morgan fingerprint density at radius 1 is 0.594 bits per heavy atom. The molecule has 2 aromatic rings. The van der Waals surface area contributed by atoms with Crippen molar-refractivity contribution in [3.05, 3.63) is 47.5 Å². The molecule has 0 spiro atoms. The first-order valence-electron chi connectivity index (χ1n) is 11.8. The molecule has 6 nitrogen and oxygen atoms in total. The average Bonchev–Trinajstić information content (AvgIpc) is 2.79. The Kier molecular flexibility index (Phi) is 12.4. The lowest BCUT2D eigenvalue weighted by molar-refractivity contribution is 0.373. The molecule has 0 atom stereocenters. The summed E-state index contributed by atoms with van der Waals surface area (Å²) in [4.78, 5) is 0. The van der Waals surface area contributed by atoms with Crippen molar-refractivity contribution < 1.29 is 19.7 Å². The number of phenolic OH excluding ortho intramolecular Hbond substituents is 2. The van der Waals surface area contributed by atoms with E-state index in [4.69, 9.17) is 9.47 Å². The van der Waals surface area contributed by atoms with Crippen LogP contribution < -0.4 is 20.1 Å². The van der Waals surface area contributed by atoms with Crippen LogP contribution in [0.5, 0.6) is 23.0 Å². The third kappa shape index (κ3) is 9.79. The molecule has 0 aromatic heterocycles. The zero-order chi connectivity index (χ0) is 23.0. The first-order valence-corrected chi connectivity index (χ1v) is 11.8. The predicted octanol–water partition coefficient (Wildman–Crippen LogP) is 5.12. The van der Waals surface area contributed by atoms with E-state index in [9.17, 15) is 10.2 Å². The van der Waals surface area contributed by atoms with Gasteiger partial charge in [-0.3, -0.25) is 0 Å². The van der Waals surface area contributed by atoms with Crippen LogP contribution >= 0.6 is 0 Å². The molecule has 0 fully saturated rings. The number of methoxy groups -OCH3 is 2. The van der Waals surface area contributed by atoms with Crippen LogP contribution in [0.2, 0.25) is 0 Å². The van der Waals surface area contributed by atoms with E-state index in [1.807, 2.05) is 12.1 Å². The number of hydrogen-bond acceptors (Lipinski definition) is 6. The summed E-state index contributed by atoms with van der Waals surface area (Å²) >= 11 is 0. The van der Waals surface area contributed by atoms with Gasteiger partial charge < -0.3 is 30.3 Å². The van der Waals surface area contributed by atoms with E-state index >= 15 is 0 Å². The number of benzene rings is 2. The number of unbranched alkanes of at least 4 members (excludes halogenated alkanes) is 7. The van der Waals surface area contributed by atoms with Gasteiger partial charge in [-0.05, 0) is 61.3 Å². The molecule has 4 N–H and O–H groups in total. The number of rotatable bonds is 17. The molecular weight excluding hydrogens is 404 g/mol. The molecule has 0 saturated heterocycles. The Bertz CT molecular complexity index is 717. The second kappa shape index (κ2) is 15.4. The minimum Gasteiger partial charge on any atom is -0.504 e. The average molecular weight is 445 g/mol. The Morgan fingerprint density at radius 3 is 1.31 bits per heavy atom. The molecule has 6 heteroatoms. The van der Waals surface area contributed by atoms with Gasteiger partial charge in [-0.2, -0.15) is 0 Å². The highest BCUT2D eigenvalue weighted by Crippen LogP contribution is 2.26. The molecule has 2 rings (SSSR count). The molecule has 0 aliphatic heterocycles. The number of aromatic hydroxyl groups is 2. The lowest BCUT2D eigenvalue weighted by Gasteiger charge is -2.08. The zero-order valence-electron chi connectivity index (χ0n) is 19.7. The predicted molar refractivity (Wildman–Crippen MR) is 130 cm³/mol. The van der Waals surface area contributed by atoms with Crippen molar-refractivity contribution >= 4 is 0 Å². The Morgan fingerprint density at radius 2 is 0.969 bits per heavy atom. The number of ether oxygens (including phenoxy) is 2. The van der Waals surface area contributed by atoms with E-state index in [2.05, 4.69) is 10.6 Å². The first kappa shape index (κ1) is 25.8. The van der Waals surface area contributed by atoms with E-state index in [-0.39, 0.29) is 11.5 Å². The van der Waals surface area contributed by atoms with Crippen molar-refractivity contribution in [3.63, 3.8) is 0 Å². The molecule has 0 bridgehead atoms. The van der Waals surface area contributed by atoms with Gasteiger partial charge in [0.1, 0.15) is 0 Å². The second-order valence-electron chi connectivity index (χ2n) is 8.19. The van der Waals surface area contributed by atoms with E-state index in [0.717, 1.165) is 37.3 Å². The molecule has 2 aromatic carbocycles. The fourth-order valence-electron chi connectivity index (χ4n) is 3.72. The van der Waals surface area contributed by atoms with Crippen LogP contribution in [0, 0.1) is 0 Å². The van der Waals surface area contributed by atoms with Gasteiger partial charge in [0.2, 0.25) is 0 Å². The summed E-state index contributed by atoms with van der Waals surface area (Å²) in [5, 5.41) is 26.5. The zero-order valence-corrected chi connectivity index (χ0v) is 19.7. The second-order valence-corrected chi connectivity index (χ2v) is 8.19. The molecule has 0 saturated carbocycles. The number of phenols is 2. The van der Waals surface area contributed by atoms with Gasteiger partial charge in [0, 0.05) is 13.1 Å². The molecule has 178 valence electrons. The van der Waals surface area contributed by atoms with Crippen LogP contribution in [0.25, 0.3) is 0 Å². The van der Waals surface area contributed by atoms with Crippen LogP contribution in [0.4, 0.5) is 0 Å². The van der Waals surface area contributed by atoms with Crippen LogP contribution in [0.3, 0.4) is 0 Å². The van der Waals surface area contributed by atoms with Crippen LogP contribution in [0.15, 0.2) is 36.4 Å². The smallest absolute Gasteiger partial charge is 0.160 e. The molecule has 0 heterocycles. The van der Waals surface area contributed by atoms with E-state index in [0.29, 0.717) is 11.5 Å². The Labute approximate surface area is 193 Å². The topological polar surface area (TPSA) is 83.0 Å². The van der Waals surface area contributed by atoms with Gasteiger partial charge in [0.05, 0.1) is 14.2 Å². The van der Waals surface area contributed by atoms with Crippen molar-refractivity contribution in [1.82, 2.24) is 10.6 Å². The minimum absolute atomic E-state index is 0.195. The SMILES string of the molecule is COc1ccc(CNCCCCCCCCCCNCc2ccc(OC)c(O)c2)cc1O. The molecule has 0 aliphatic carbocycles. The summed E-state index contributed by atoms with van der Waals surface area (Å²) in [7, 11) is 3.12. The molecule has 0 radical (unpaired) electrons. The third-order valence-corrected chi connectivity index (χ3v) is 5.60. The summed E-state index contributed by atoms with van der Waals surface area (Å²) in [6, 6.07) is 11.1. The van der Waals surface area contributed by atoms with Gasteiger partial charge in [0.15, 0.2) is 23.0 Å². The quantitative estimate of drug-likeness (QED) is 0.254. The fourth-order valence-corrected chi connectivity index (χ4v) is 3.72. The molecule has 0 aliphatic rings. The highest BCUT2D eigenvalue weighted by Gasteiger charge is 2.03. The fraction of sp³-hybridized carbons (Fsp3) is 0.538. The number of hydrogen-bond donors (Lipinski definition) is 4. The lowest BCUT2D eigenvalue weighted by Crippen LogP contribution is -2.14. The summed E-state index contributed by atoms with van der Waals surface area (Å²) in [5.74, 6) is 1.42. The number of nitrogens with one attached hydrogen (secondary N) is 2. The summed E-state index contributed by atoms with van der Waals surface area (Å²) in [6.07, 6.45) is 10.1. The van der Waals surface area contributed by atoms with E-state index < -0.39 is 0 Å². The Balaban J connectivity index is 1.36. The molecule has 32 heavy (non-hydrogen) atoms. The van der Waals surface area contributed by atoms with Crippen molar-refractivity contribution in [2.45, 2.75) is 64.5 Å². The minimum atomic E-state index is 0.195. The molecular formula is C26H40N2O4. The van der Waals surface area contributed by atoms with E-state index in [1.54, 1.807) is 38.5 Å². The Hall–Kier alpha value is -2.44. The van der Waals surface area contributed by atoms with Crippen LogP contribution in [0.1, 0.15) is 62.5 Å². The molecule has 0 amide bonds. The standard InChI is InChI=1S/C26H40N2O4/c1-31-25-13-11-21(17-23(25)29)19-27-15-9-7-5-3-4-6-8-10-16-28-20-22-12-14-26(32-2)24(30)18-22/h11-14,17-18,27-30H,3-10,15-16,19-20H2,1-2H3. The first-order chi connectivity index (χ1) is 15.6. The summed E-state index contributed by atoms with van der Waals surface area (Å²) in [6.45, 7) is 3.55. The third-order valence-electron chi connectivity index (χ3n) is 5.60. The van der Waals surface area contributed by atoms with Gasteiger partial charge in [0.25, 0.3) is 0 Å². The lowest BCUT2D eigenvalue weighted by atomic mass is 10.1. The van der Waals surface area contributed by atoms with Crippen molar-refractivity contribution in [3.8, 4) is 23.0 Å². The maximum absolute atomic E-state index is 9.80. The maximum atomic E-state index is 9.80. The van der Waals surface area contributed by atoms with Crippen LogP contribution in [-0.2, 0) is 13.1 Å². The monoisotopic (exact) mass is 444 g/mol. The summed E-state index contributed by atoms with van der Waals surface area (Å²) in [5.41, 5.74) is 2.14. The normalized spacial score (nSPS) is 10.9. The maximum Gasteiger partial charge on any atom is 0.160 e. The van der Waals surface area contributed by atoms with Crippen LogP contribution in [-0.4, -0.2) is 37.5 Å². The van der Waals surface area contributed by atoms with E-state index in [1.165, 1.54) is 51.4 Å².